The molecule has 0 saturated carbocycles. The maximum Gasteiger partial charge on any atom is 0.241 e. The molecular weight excluding hydrogens is 324 g/mol. The number of hydrogen-bond acceptors (Lipinski definition) is 4. The van der Waals surface area contributed by atoms with E-state index >= 15 is 0 Å². The third kappa shape index (κ3) is 3.22. The van der Waals surface area contributed by atoms with Crippen LogP contribution in [-0.2, 0) is 14.6 Å². The summed E-state index contributed by atoms with van der Waals surface area (Å²) < 4.78 is 24.5. The highest BCUT2D eigenvalue weighted by atomic mass is 32.2. The van der Waals surface area contributed by atoms with Crippen LogP contribution in [0.4, 0.5) is 5.69 Å². The van der Waals surface area contributed by atoms with E-state index in [0.717, 1.165) is 30.6 Å². The molecule has 1 aromatic rings. The Bertz CT molecular complexity index is 745. The van der Waals surface area contributed by atoms with Crippen molar-refractivity contribution < 1.29 is 13.2 Å². The van der Waals surface area contributed by atoms with Gasteiger partial charge in [-0.2, -0.15) is 0 Å². The Kier molecular flexibility index (Phi) is 4.71. The highest BCUT2D eigenvalue weighted by Gasteiger charge is 2.49. The number of rotatable bonds is 4. The molecule has 1 aromatic carbocycles. The van der Waals surface area contributed by atoms with Crippen molar-refractivity contribution in [3.63, 3.8) is 0 Å². The van der Waals surface area contributed by atoms with Crippen molar-refractivity contribution >= 4 is 21.4 Å². The number of benzene rings is 1. The molecule has 2 unspecified atom stereocenters. The fourth-order valence-corrected chi connectivity index (χ4v) is 5.76. The van der Waals surface area contributed by atoms with Crippen LogP contribution in [-0.4, -0.2) is 55.9 Å². The lowest BCUT2D eigenvalue weighted by Gasteiger charge is -2.43. The van der Waals surface area contributed by atoms with Crippen LogP contribution in [0.15, 0.2) is 18.2 Å². The first kappa shape index (κ1) is 17.4. The Morgan fingerprint density at radius 2 is 1.83 bits per heavy atom. The molecule has 2 atom stereocenters. The summed E-state index contributed by atoms with van der Waals surface area (Å²) in [6.45, 7) is 7.26. The van der Waals surface area contributed by atoms with Crippen molar-refractivity contribution in [2.24, 2.45) is 0 Å². The van der Waals surface area contributed by atoms with Crippen molar-refractivity contribution in [2.75, 3.05) is 29.5 Å². The van der Waals surface area contributed by atoms with Gasteiger partial charge in [0, 0.05) is 11.7 Å². The standard InChI is InChI=1S/C18H26N2O3S/c1-4-5-8-19-10-18(21)20(15-7-6-13(2)14(3)9-15)17-12-24(22,23)11-16(17)19/h6-7,9,16-17H,4-5,8,10-12H2,1-3H3. The summed E-state index contributed by atoms with van der Waals surface area (Å²) in [5.74, 6) is 0.238. The van der Waals surface area contributed by atoms with Crippen LogP contribution in [0.2, 0.25) is 0 Å². The highest BCUT2D eigenvalue weighted by Crippen LogP contribution is 2.32. The topological polar surface area (TPSA) is 57.7 Å². The van der Waals surface area contributed by atoms with Crippen LogP contribution in [0, 0.1) is 13.8 Å². The molecule has 0 aromatic heterocycles. The van der Waals surface area contributed by atoms with Crippen LogP contribution in [0.5, 0.6) is 0 Å². The summed E-state index contributed by atoms with van der Waals surface area (Å²) in [6.07, 6.45) is 2.02. The van der Waals surface area contributed by atoms with Gasteiger partial charge in [-0.05, 0) is 50.1 Å². The number of fused-ring (bicyclic) bond motifs is 1. The number of nitrogens with zero attached hydrogens (tertiary/aromatic N) is 2. The first-order chi connectivity index (χ1) is 11.3. The van der Waals surface area contributed by atoms with E-state index in [9.17, 15) is 13.2 Å². The molecule has 0 aliphatic carbocycles. The number of carbonyl (C=O) groups is 1. The van der Waals surface area contributed by atoms with Gasteiger partial charge in [-0.3, -0.25) is 9.69 Å². The molecule has 132 valence electrons. The minimum atomic E-state index is -3.10. The lowest BCUT2D eigenvalue weighted by molar-refractivity contribution is -0.123. The zero-order valence-corrected chi connectivity index (χ0v) is 15.5. The molecule has 0 N–H and O–H groups in total. The molecule has 0 radical (unpaired) electrons. The summed E-state index contributed by atoms with van der Waals surface area (Å²) in [7, 11) is -3.10. The van der Waals surface area contributed by atoms with E-state index in [2.05, 4.69) is 11.8 Å². The quantitative estimate of drug-likeness (QED) is 0.832. The largest absolute Gasteiger partial charge is 0.306 e. The summed E-state index contributed by atoms with van der Waals surface area (Å²) in [5.41, 5.74) is 3.11. The van der Waals surface area contributed by atoms with Gasteiger partial charge in [0.25, 0.3) is 0 Å². The van der Waals surface area contributed by atoms with Crippen LogP contribution in [0.3, 0.4) is 0 Å². The van der Waals surface area contributed by atoms with E-state index in [4.69, 9.17) is 0 Å². The number of carbonyl (C=O) groups excluding carboxylic acids is 1. The number of anilines is 1. The molecule has 2 saturated heterocycles. The zero-order chi connectivity index (χ0) is 17.5. The van der Waals surface area contributed by atoms with Gasteiger partial charge in [0.2, 0.25) is 5.91 Å². The molecular formula is C18H26N2O3S. The van der Waals surface area contributed by atoms with E-state index in [0.29, 0.717) is 6.54 Å². The SMILES string of the molecule is CCCCN1CC(=O)N(c2ccc(C)c(C)c2)C2CS(=O)(=O)CC21. The predicted octanol–water partition coefficient (Wildman–Crippen LogP) is 1.92. The second kappa shape index (κ2) is 6.48. The number of unbranched alkanes of at least 4 members (excludes halogenated alkanes) is 1. The molecule has 5 nitrogen and oxygen atoms in total. The fraction of sp³-hybridized carbons (Fsp3) is 0.611. The maximum atomic E-state index is 12.8. The summed E-state index contributed by atoms with van der Waals surface area (Å²) in [6, 6.07) is 5.58. The van der Waals surface area contributed by atoms with Crippen molar-refractivity contribution in [2.45, 2.75) is 45.7 Å². The Hall–Kier alpha value is -1.40. The second-order valence-corrected chi connectivity index (χ2v) is 9.22. The Balaban J connectivity index is 1.95. The first-order valence-corrected chi connectivity index (χ1v) is 10.5. The normalized spacial score (nSPS) is 26.6. The molecule has 6 heteroatoms. The van der Waals surface area contributed by atoms with Crippen molar-refractivity contribution in [1.82, 2.24) is 4.90 Å². The molecule has 2 aliphatic rings. The zero-order valence-electron chi connectivity index (χ0n) is 14.7. The summed E-state index contributed by atoms with van der Waals surface area (Å²) in [4.78, 5) is 16.6. The summed E-state index contributed by atoms with van der Waals surface area (Å²) in [5, 5.41) is 0. The number of hydrogen-bond donors (Lipinski definition) is 0. The molecule has 2 heterocycles. The van der Waals surface area contributed by atoms with Crippen LogP contribution >= 0.6 is 0 Å². The second-order valence-electron chi connectivity index (χ2n) is 7.07. The number of aryl methyl sites for hydroxylation is 2. The van der Waals surface area contributed by atoms with Crippen LogP contribution in [0.1, 0.15) is 30.9 Å². The molecule has 2 fully saturated rings. The van der Waals surface area contributed by atoms with Gasteiger partial charge in [0.05, 0.1) is 24.1 Å². The number of sulfone groups is 1. The lowest BCUT2D eigenvalue weighted by Crippen LogP contribution is -2.62. The Morgan fingerprint density at radius 1 is 1.12 bits per heavy atom. The van der Waals surface area contributed by atoms with E-state index in [1.807, 2.05) is 32.0 Å². The van der Waals surface area contributed by atoms with E-state index in [1.54, 1.807) is 4.90 Å². The molecule has 24 heavy (non-hydrogen) atoms. The Morgan fingerprint density at radius 3 is 2.50 bits per heavy atom. The Labute approximate surface area is 144 Å². The third-order valence-electron chi connectivity index (χ3n) is 5.27. The molecule has 0 bridgehead atoms. The molecule has 0 spiro atoms. The average Bonchev–Trinajstić information content (AvgIpc) is 2.83. The third-order valence-corrected chi connectivity index (χ3v) is 6.97. The van der Waals surface area contributed by atoms with E-state index < -0.39 is 9.84 Å². The van der Waals surface area contributed by atoms with E-state index in [1.165, 1.54) is 5.56 Å². The minimum absolute atomic E-state index is 0.00714. The van der Waals surface area contributed by atoms with Gasteiger partial charge in [-0.1, -0.05) is 19.4 Å². The van der Waals surface area contributed by atoms with Crippen LogP contribution < -0.4 is 4.90 Å². The van der Waals surface area contributed by atoms with Gasteiger partial charge in [-0.15, -0.1) is 0 Å². The van der Waals surface area contributed by atoms with Gasteiger partial charge >= 0.3 is 0 Å². The predicted molar refractivity (Wildman–Crippen MR) is 96.1 cm³/mol. The minimum Gasteiger partial charge on any atom is -0.306 e. The smallest absolute Gasteiger partial charge is 0.241 e. The number of amides is 1. The van der Waals surface area contributed by atoms with Gasteiger partial charge in [-0.25, -0.2) is 8.42 Å². The van der Waals surface area contributed by atoms with Crippen LogP contribution in [0.25, 0.3) is 0 Å². The molecule has 1 amide bonds. The van der Waals surface area contributed by atoms with Gasteiger partial charge in [0.1, 0.15) is 0 Å². The number of piperazine rings is 1. The summed E-state index contributed by atoms with van der Waals surface area (Å²) >= 11 is 0. The van der Waals surface area contributed by atoms with Gasteiger partial charge in [0.15, 0.2) is 9.84 Å². The molecule has 3 rings (SSSR count). The first-order valence-electron chi connectivity index (χ1n) is 8.66. The lowest BCUT2D eigenvalue weighted by atomic mass is 10.0. The van der Waals surface area contributed by atoms with Crippen molar-refractivity contribution in [3.05, 3.63) is 29.3 Å². The van der Waals surface area contributed by atoms with Gasteiger partial charge < -0.3 is 4.90 Å². The highest BCUT2D eigenvalue weighted by molar-refractivity contribution is 7.91. The fourth-order valence-electron chi connectivity index (χ4n) is 3.78. The average molecular weight is 350 g/mol. The monoisotopic (exact) mass is 350 g/mol. The van der Waals surface area contributed by atoms with Crippen molar-refractivity contribution in [3.8, 4) is 0 Å². The maximum absolute atomic E-state index is 12.8. The molecule has 2 aliphatic heterocycles. The van der Waals surface area contributed by atoms with Crippen molar-refractivity contribution in [1.29, 1.82) is 0 Å². The van der Waals surface area contributed by atoms with E-state index in [-0.39, 0.29) is 29.5 Å².